The van der Waals surface area contributed by atoms with E-state index < -0.39 is 0 Å². The third kappa shape index (κ3) is 2.93. The van der Waals surface area contributed by atoms with Gasteiger partial charge in [-0.15, -0.1) is 0 Å². The van der Waals surface area contributed by atoms with Crippen molar-refractivity contribution in [2.45, 2.75) is 16.7 Å². The van der Waals surface area contributed by atoms with Gasteiger partial charge >= 0.3 is 0 Å². The maximum absolute atomic E-state index is 11.5. The number of rotatable bonds is 4. The van der Waals surface area contributed by atoms with Crippen LogP contribution in [0.3, 0.4) is 0 Å². The SMILES string of the molecule is COc1ccc(Sc2ccccc2C(C)=O)cc1. The average molecular weight is 258 g/mol. The van der Waals surface area contributed by atoms with Crippen LogP contribution in [0.15, 0.2) is 58.3 Å². The predicted octanol–water partition coefficient (Wildman–Crippen LogP) is 4.05. The molecule has 0 saturated heterocycles. The topological polar surface area (TPSA) is 26.3 Å². The highest BCUT2D eigenvalue weighted by Gasteiger charge is 2.07. The molecule has 0 bridgehead atoms. The van der Waals surface area contributed by atoms with Crippen molar-refractivity contribution < 1.29 is 9.53 Å². The first kappa shape index (κ1) is 12.7. The second-order valence-corrected chi connectivity index (χ2v) is 4.95. The summed E-state index contributed by atoms with van der Waals surface area (Å²) in [7, 11) is 1.65. The van der Waals surface area contributed by atoms with Gasteiger partial charge < -0.3 is 4.74 Å². The van der Waals surface area contributed by atoms with Crippen LogP contribution in [0.5, 0.6) is 5.75 Å². The lowest BCUT2D eigenvalue weighted by Gasteiger charge is -2.07. The van der Waals surface area contributed by atoms with Crippen LogP contribution in [0, 0.1) is 0 Å². The van der Waals surface area contributed by atoms with Gasteiger partial charge in [0.05, 0.1) is 7.11 Å². The molecule has 0 saturated carbocycles. The van der Waals surface area contributed by atoms with Crippen LogP contribution < -0.4 is 4.74 Å². The minimum atomic E-state index is 0.0895. The standard InChI is InChI=1S/C15H14O2S/c1-11(16)14-5-3-4-6-15(14)18-13-9-7-12(17-2)8-10-13/h3-10H,1-2H3. The fourth-order valence-corrected chi connectivity index (χ4v) is 2.61. The maximum atomic E-state index is 11.5. The molecule has 0 atom stereocenters. The summed E-state index contributed by atoms with van der Waals surface area (Å²) in [6.45, 7) is 1.59. The Morgan fingerprint density at radius 3 is 2.33 bits per heavy atom. The molecule has 2 aromatic rings. The number of hydrogen-bond donors (Lipinski definition) is 0. The predicted molar refractivity (Wildman–Crippen MR) is 73.6 cm³/mol. The maximum Gasteiger partial charge on any atom is 0.160 e. The van der Waals surface area contributed by atoms with E-state index in [2.05, 4.69) is 0 Å². The van der Waals surface area contributed by atoms with Crippen molar-refractivity contribution in [2.75, 3.05) is 7.11 Å². The Morgan fingerprint density at radius 1 is 1.06 bits per heavy atom. The Labute approximate surface area is 111 Å². The van der Waals surface area contributed by atoms with Gasteiger partial charge in [0, 0.05) is 15.4 Å². The highest BCUT2D eigenvalue weighted by molar-refractivity contribution is 7.99. The fraction of sp³-hybridized carbons (Fsp3) is 0.133. The van der Waals surface area contributed by atoms with Crippen LogP contribution in [0.4, 0.5) is 0 Å². The van der Waals surface area contributed by atoms with E-state index in [9.17, 15) is 4.79 Å². The van der Waals surface area contributed by atoms with E-state index in [0.29, 0.717) is 0 Å². The van der Waals surface area contributed by atoms with E-state index in [1.165, 1.54) is 0 Å². The third-order valence-corrected chi connectivity index (χ3v) is 3.64. The van der Waals surface area contributed by atoms with E-state index >= 15 is 0 Å². The number of hydrogen-bond acceptors (Lipinski definition) is 3. The van der Waals surface area contributed by atoms with Gasteiger partial charge in [-0.1, -0.05) is 30.0 Å². The quantitative estimate of drug-likeness (QED) is 0.774. The molecule has 0 radical (unpaired) electrons. The van der Waals surface area contributed by atoms with E-state index in [4.69, 9.17) is 4.74 Å². The molecule has 0 aliphatic rings. The van der Waals surface area contributed by atoms with Gasteiger partial charge in [-0.05, 0) is 37.3 Å². The van der Waals surface area contributed by atoms with Crippen LogP contribution in [-0.2, 0) is 0 Å². The molecule has 2 rings (SSSR count). The molecule has 2 nitrogen and oxygen atoms in total. The largest absolute Gasteiger partial charge is 0.497 e. The molecule has 2 aromatic carbocycles. The number of methoxy groups -OCH3 is 1. The number of ether oxygens (including phenoxy) is 1. The molecule has 0 aliphatic heterocycles. The zero-order valence-electron chi connectivity index (χ0n) is 10.3. The van der Waals surface area contributed by atoms with Crippen molar-refractivity contribution >= 4 is 17.5 Å². The number of benzene rings is 2. The molecule has 0 amide bonds. The van der Waals surface area contributed by atoms with Crippen molar-refractivity contribution in [1.82, 2.24) is 0 Å². The van der Waals surface area contributed by atoms with Crippen molar-refractivity contribution in [3.63, 3.8) is 0 Å². The Morgan fingerprint density at radius 2 is 1.72 bits per heavy atom. The Hall–Kier alpha value is -1.74. The van der Waals surface area contributed by atoms with E-state index in [0.717, 1.165) is 21.1 Å². The van der Waals surface area contributed by atoms with Gasteiger partial charge in [-0.2, -0.15) is 0 Å². The van der Waals surface area contributed by atoms with Gasteiger partial charge in [0.1, 0.15) is 5.75 Å². The Kier molecular flexibility index (Phi) is 4.05. The van der Waals surface area contributed by atoms with Crippen LogP contribution in [0.25, 0.3) is 0 Å². The number of carbonyl (C=O) groups is 1. The van der Waals surface area contributed by atoms with E-state index in [1.807, 2.05) is 48.5 Å². The lowest BCUT2D eigenvalue weighted by molar-refractivity contribution is 0.101. The zero-order valence-corrected chi connectivity index (χ0v) is 11.2. The molecule has 0 unspecified atom stereocenters. The van der Waals surface area contributed by atoms with Gasteiger partial charge in [0.25, 0.3) is 0 Å². The van der Waals surface area contributed by atoms with Crippen molar-refractivity contribution in [2.24, 2.45) is 0 Å². The molecule has 18 heavy (non-hydrogen) atoms. The molecule has 0 N–H and O–H groups in total. The molecule has 0 heterocycles. The van der Waals surface area contributed by atoms with Crippen LogP contribution >= 0.6 is 11.8 Å². The van der Waals surface area contributed by atoms with Gasteiger partial charge in [0.15, 0.2) is 5.78 Å². The van der Waals surface area contributed by atoms with Gasteiger partial charge in [0.2, 0.25) is 0 Å². The molecule has 0 aromatic heterocycles. The summed E-state index contributed by atoms with van der Waals surface area (Å²) in [6, 6.07) is 15.4. The van der Waals surface area contributed by atoms with Crippen LogP contribution in [0.2, 0.25) is 0 Å². The number of carbonyl (C=O) groups excluding carboxylic acids is 1. The minimum absolute atomic E-state index is 0.0895. The second kappa shape index (κ2) is 5.74. The second-order valence-electron chi connectivity index (χ2n) is 3.83. The first-order valence-electron chi connectivity index (χ1n) is 5.62. The first-order valence-corrected chi connectivity index (χ1v) is 6.44. The highest BCUT2D eigenvalue weighted by atomic mass is 32.2. The molecule has 0 aliphatic carbocycles. The summed E-state index contributed by atoms with van der Waals surface area (Å²) >= 11 is 1.59. The monoisotopic (exact) mass is 258 g/mol. The third-order valence-electron chi connectivity index (χ3n) is 2.55. The highest BCUT2D eigenvalue weighted by Crippen LogP contribution is 2.31. The normalized spacial score (nSPS) is 10.1. The number of Topliss-reactive ketones (excluding diaryl/α,β-unsaturated/α-hetero) is 1. The molecule has 0 fully saturated rings. The summed E-state index contributed by atoms with van der Waals surface area (Å²) in [5.74, 6) is 0.922. The molecular formula is C15H14O2S. The summed E-state index contributed by atoms with van der Waals surface area (Å²) in [5.41, 5.74) is 0.762. The first-order chi connectivity index (χ1) is 8.70. The average Bonchev–Trinajstić information content (AvgIpc) is 2.40. The Bertz CT molecular complexity index is 547. The summed E-state index contributed by atoms with van der Waals surface area (Å²) in [5, 5.41) is 0. The molecule has 3 heteroatoms. The van der Waals surface area contributed by atoms with Crippen molar-refractivity contribution in [3.8, 4) is 5.75 Å². The fourth-order valence-electron chi connectivity index (χ4n) is 1.62. The van der Waals surface area contributed by atoms with Gasteiger partial charge in [-0.3, -0.25) is 4.79 Å². The molecule has 0 spiro atoms. The van der Waals surface area contributed by atoms with Gasteiger partial charge in [-0.25, -0.2) is 0 Å². The smallest absolute Gasteiger partial charge is 0.160 e. The summed E-state index contributed by atoms with van der Waals surface area (Å²) in [6.07, 6.45) is 0. The molecular weight excluding hydrogens is 244 g/mol. The minimum Gasteiger partial charge on any atom is -0.497 e. The van der Waals surface area contributed by atoms with Crippen LogP contribution in [0.1, 0.15) is 17.3 Å². The Balaban J connectivity index is 2.25. The van der Waals surface area contributed by atoms with Crippen LogP contribution in [-0.4, -0.2) is 12.9 Å². The zero-order chi connectivity index (χ0) is 13.0. The number of ketones is 1. The summed E-state index contributed by atoms with van der Waals surface area (Å²) < 4.78 is 5.12. The van der Waals surface area contributed by atoms with Crippen molar-refractivity contribution in [3.05, 3.63) is 54.1 Å². The van der Waals surface area contributed by atoms with E-state index in [-0.39, 0.29) is 5.78 Å². The van der Waals surface area contributed by atoms with E-state index in [1.54, 1.807) is 25.8 Å². The van der Waals surface area contributed by atoms with Crippen molar-refractivity contribution in [1.29, 1.82) is 0 Å². The summed E-state index contributed by atoms with van der Waals surface area (Å²) in [4.78, 5) is 13.6. The lowest BCUT2D eigenvalue weighted by atomic mass is 10.1. The lowest BCUT2D eigenvalue weighted by Crippen LogP contribution is -1.94. The molecule has 92 valence electrons.